The van der Waals surface area contributed by atoms with Crippen LogP contribution in [0.1, 0.15) is 15.9 Å². The molecule has 3 rings (SSSR count). The van der Waals surface area contributed by atoms with Crippen LogP contribution in [0.3, 0.4) is 0 Å². The minimum atomic E-state index is -0.142. The van der Waals surface area contributed by atoms with Crippen molar-refractivity contribution in [2.24, 2.45) is 0 Å². The number of nitrogens with zero attached hydrogens (tertiary/aromatic N) is 2. The van der Waals surface area contributed by atoms with Crippen LogP contribution in [0.4, 0.5) is 11.4 Å². The average Bonchev–Trinajstić information content (AvgIpc) is 2.73. The third-order valence-corrected chi connectivity index (χ3v) is 4.40. The number of benzene rings is 2. The molecule has 0 aliphatic carbocycles. The molecule has 138 valence electrons. The first-order chi connectivity index (χ1) is 13.2. The number of carbonyl (C=O) groups is 1. The largest absolute Gasteiger partial charge is 0.497 e. The van der Waals surface area contributed by atoms with Gasteiger partial charge in [0, 0.05) is 42.9 Å². The lowest BCUT2D eigenvalue weighted by molar-refractivity contribution is 0.102. The van der Waals surface area contributed by atoms with Crippen molar-refractivity contribution in [3.8, 4) is 5.75 Å². The van der Waals surface area contributed by atoms with Crippen molar-refractivity contribution in [3.05, 3.63) is 84.2 Å². The van der Waals surface area contributed by atoms with Gasteiger partial charge < -0.3 is 15.0 Å². The van der Waals surface area contributed by atoms with Gasteiger partial charge >= 0.3 is 0 Å². The van der Waals surface area contributed by atoms with Gasteiger partial charge in [0.25, 0.3) is 5.91 Å². The van der Waals surface area contributed by atoms with E-state index in [-0.39, 0.29) is 5.91 Å². The van der Waals surface area contributed by atoms with Gasteiger partial charge in [-0.05, 0) is 72.6 Å². The third-order valence-electron chi connectivity index (χ3n) is 4.40. The minimum Gasteiger partial charge on any atom is -0.497 e. The third kappa shape index (κ3) is 5.07. The van der Waals surface area contributed by atoms with Crippen LogP contribution >= 0.6 is 0 Å². The Hall–Kier alpha value is -3.34. The lowest BCUT2D eigenvalue weighted by atomic mass is 10.2. The molecule has 0 atom stereocenters. The SMILES string of the molecule is COc1ccc(C(=O)Nc2ccc(N(C)CCc3ccncc3)cc2)cc1. The molecule has 0 fully saturated rings. The number of likely N-dealkylation sites (N-methyl/N-ethyl adjacent to an activating group) is 1. The molecule has 0 saturated heterocycles. The Balaban J connectivity index is 1.56. The molecule has 0 saturated carbocycles. The highest BCUT2D eigenvalue weighted by molar-refractivity contribution is 6.04. The van der Waals surface area contributed by atoms with Crippen LogP contribution in [0.5, 0.6) is 5.75 Å². The standard InChI is InChI=1S/C22H23N3O2/c1-25(16-13-17-11-14-23-15-12-17)20-7-5-19(6-8-20)24-22(26)18-3-9-21(27-2)10-4-18/h3-12,14-15H,13,16H2,1-2H3,(H,24,26). The number of amides is 1. The Morgan fingerprint density at radius 1 is 1.00 bits per heavy atom. The van der Waals surface area contributed by atoms with E-state index >= 15 is 0 Å². The number of aromatic nitrogens is 1. The molecule has 27 heavy (non-hydrogen) atoms. The van der Waals surface area contributed by atoms with Gasteiger partial charge in [0.15, 0.2) is 0 Å². The van der Waals surface area contributed by atoms with Crippen molar-refractivity contribution in [1.29, 1.82) is 0 Å². The summed E-state index contributed by atoms with van der Waals surface area (Å²) in [5, 5.41) is 2.91. The lowest BCUT2D eigenvalue weighted by Crippen LogP contribution is -2.20. The molecule has 3 aromatic rings. The normalized spacial score (nSPS) is 10.3. The number of pyridine rings is 1. The van der Waals surface area contributed by atoms with Crippen molar-refractivity contribution in [2.75, 3.05) is 30.9 Å². The first-order valence-electron chi connectivity index (χ1n) is 8.81. The second-order valence-electron chi connectivity index (χ2n) is 6.26. The van der Waals surface area contributed by atoms with E-state index in [1.807, 2.05) is 48.8 Å². The second-order valence-corrected chi connectivity index (χ2v) is 6.26. The highest BCUT2D eigenvalue weighted by Gasteiger charge is 2.07. The summed E-state index contributed by atoms with van der Waals surface area (Å²) in [6.45, 7) is 0.904. The molecule has 0 aliphatic heterocycles. The molecule has 5 heteroatoms. The number of nitrogens with one attached hydrogen (secondary N) is 1. The first-order valence-corrected chi connectivity index (χ1v) is 8.81. The molecular formula is C22H23N3O2. The molecular weight excluding hydrogens is 338 g/mol. The van der Waals surface area contributed by atoms with Crippen LogP contribution in [0.25, 0.3) is 0 Å². The van der Waals surface area contributed by atoms with Gasteiger partial charge in [0.05, 0.1) is 7.11 Å². The van der Waals surface area contributed by atoms with Gasteiger partial charge in [-0.3, -0.25) is 9.78 Å². The molecule has 5 nitrogen and oxygen atoms in total. The monoisotopic (exact) mass is 361 g/mol. The van der Waals surface area contributed by atoms with Crippen molar-refractivity contribution in [3.63, 3.8) is 0 Å². The maximum Gasteiger partial charge on any atom is 0.255 e. The summed E-state index contributed by atoms with van der Waals surface area (Å²) in [6, 6.07) is 19.0. The van der Waals surface area contributed by atoms with Crippen LogP contribution in [-0.2, 0) is 6.42 Å². The molecule has 1 amide bonds. The number of ether oxygens (including phenoxy) is 1. The predicted octanol–water partition coefficient (Wildman–Crippen LogP) is 4.02. The van der Waals surface area contributed by atoms with Gasteiger partial charge in [-0.1, -0.05) is 0 Å². The zero-order valence-corrected chi connectivity index (χ0v) is 15.6. The maximum absolute atomic E-state index is 12.3. The molecule has 0 unspecified atom stereocenters. The fourth-order valence-corrected chi connectivity index (χ4v) is 2.72. The smallest absolute Gasteiger partial charge is 0.255 e. The topological polar surface area (TPSA) is 54.5 Å². The van der Waals surface area contributed by atoms with Gasteiger partial charge in [-0.15, -0.1) is 0 Å². The summed E-state index contributed by atoms with van der Waals surface area (Å²) in [6.07, 6.45) is 4.58. The maximum atomic E-state index is 12.3. The van der Waals surface area contributed by atoms with E-state index in [2.05, 4.69) is 22.2 Å². The molecule has 0 bridgehead atoms. The summed E-state index contributed by atoms with van der Waals surface area (Å²) in [5.41, 5.74) is 3.73. The van der Waals surface area contributed by atoms with Gasteiger partial charge in [-0.25, -0.2) is 0 Å². The van der Waals surface area contributed by atoms with E-state index in [0.29, 0.717) is 5.56 Å². The van der Waals surface area contributed by atoms with E-state index in [4.69, 9.17) is 4.74 Å². The summed E-state index contributed by atoms with van der Waals surface area (Å²) in [5.74, 6) is 0.585. The molecule has 2 aromatic carbocycles. The molecule has 0 aliphatic rings. The quantitative estimate of drug-likeness (QED) is 0.690. The first kappa shape index (κ1) is 18.5. The second kappa shape index (κ2) is 8.85. The van der Waals surface area contributed by atoms with Gasteiger partial charge in [0.1, 0.15) is 5.75 Å². The number of rotatable bonds is 7. The number of carbonyl (C=O) groups excluding carboxylic acids is 1. The molecule has 1 aromatic heterocycles. The van der Waals surface area contributed by atoms with Crippen LogP contribution in [0, 0.1) is 0 Å². The zero-order chi connectivity index (χ0) is 19.1. The number of hydrogen-bond acceptors (Lipinski definition) is 4. The van der Waals surface area contributed by atoms with Crippen molar-refractivity contribution < 1.29 is 9.53 Å². The summed E-state index contributed by atoms with van der Waals surface area (Å²) in [4.78, 5) is 18.6. The Kier molecular flexibility index (Phi) is 6.05. The number of methoxy groups -OCH3 is 1. The molecule has 0 radical (unpaired) electrons. The Morgan fingerprint density at radius 2 is 1.67 bits per heavy atom. The summed E-state index contributed by atoms with van der Waals surface area (Å²) in [7, 11) is 3.66. The fraction of sp³-hybridized carbons (Fsp3) is 0.182. The van der Waals surface area contributed by atoms with Crippen LogP contribution < -0.4 is 15.0 Å². The Labute approximate surface area is 159 Å². The lowest BCUT2D eigenvalue weighted by Gasteiger charge is -2.19. The van der Waals surface area contributed by atoms with Crippen LogP contribution in [-0.4, -0.2) is 31.6 Å². The average molecular weight is 361 g/mol. The van der Waals surface area contributed by atoms with Crippen molar-refractivity contribution in [1.82, 2.24) is 4.98 Å². The van der Waals surface area contributed by atoms with Crippen molar-refractivity contribution in [2.45, 2.75) is 6.42 Å². The van der Waals surface area contributed by atoms with E-state index in [1.165, 1.54) is 5.56 Å². The Bertz CT molecular complexity index is 862. The number of anilines is 2. The van der Waals surface area contributed by atoms with Gasteiger partial charge in [0.2, 0.25) is 0 Å². The minimum absolute atomic E-state index is 0.142. The molecule has 1 N–H and O–H groups in total. The highest BCUT2D eigenvalue weighted by atomic mass is 16.5. The van der Waals surface area contributed by atoms with Gasteiger partial charge in [-0.2, -0.15) is 0 Å². The predicted molar refractivity (Wildman–Crippen MR) is 109 cm³/mol. The zero-order valence-electron chi connectivity index (χ0n) is 15.6. The van der Waals surface area contributed by atoms with E-state index in [9.17, 15) is 4.79 Å². The molecule has 0 spiro atoms. The van der Waals surface area contributed by atoms with Crippen LogP contribution in [0.2, 0.25) is 0 Å². The summed E-state index contributed by atoms with van der Waals surface area (Å²) < 4.78 is 5.11. The Morgan fingerprint density at radius 3 is 2.30 bits per heavy atom. The van der Waals surface area contributed by atoms with Crippen molar-refractivity contribution >= 4 is 17.3 Å². The van der Waals surface area contributed by atoms with Crippen LogP contribution in [0.15, 0.2) is 73.1 Å². The number of hydrogen-bond donors (Lipinski definition) is 1. The highest BCUT2D eigenvalue weighted by Crippen LogP contribution is 2.19. The summed E-state index contributed by atoms with van der Waals surface area (Å²) >= 11 is 0. The van der Waals surface area contributed by atoms with E-state index < -0.39 is 0 Å². The fourth-order valence-electron chi connectivity index (χ4n) is 2.72. The van der Waals surface area contributed by atoms with E-state index in [0.717, 1.165) is 30.1 Å². The van der Waals surface area contributed by atoms with E-state index in [1.54, 1.807) is 31.4 Å². The molecule has 1 heterocycles.